The summed E-state index contributed by atoms with van der Waals surface area (Å²) >= 11 is 0. The summed E-state index contributed by atoms with van der Waals surface area (Å²) in [6.07, 6.45) is 2.93. The first-order valence-corrected chi connectivity index (χ1v) is 9.21. The average Bonchev–Trinajstić information content (AvgIpc) is 2.72. The maximum atomic E-state index is 12.4. The molecule has 0 spiro atoms. The van der Waals surface area contributed by atoms with Gasteiger partial charge in [0, 0.05) is 11.4 Å². The molecular weight excluding hydrogens is 368 g/mol. The van der Waals surface area contributed by atoms with Gasteiger partial charge in [-0.1, -0.05) is 12.1 Å². The molecule has 0 fully saturated rings. The predicted octanol–water partition coefficient (Wildman–Crippen LogP) is 4.27. The summed E-state index contributed by atoms with van der Waals surface area (Å²) in [4.78, 5) is 32.5. The Balaban J connectivity index is 1.64. The van der Waals surface area contributed by atoms with Crippen molar-refractivity contribution in [1.29, 1.82) is 0 Å². The predicted molar refractivity (Wildman–Crippen MR) is 112 cm³/mol. The van der Waals surface area contributed by atoms with Crippen LogP contribution in [-0.4, -0.2) is 28.5 Å². The Morgan fingerprint density at radius 3 is 2.41 bits per heavy atom. The smallest absolute Gasteiger partial charge is 0.338 e. The molecule has 0 unspecified atom stereocenters. The number of esters is 1. The molecule has 0 saturated heterocycles. The van der Waals surface area contributed by atoms with Crippen LogP contribution in [0, 0.1) is 13.8 Å². The molecule has 1 aromatic heterocycles. The number of rotatable bonds is 6. The molecule has 2 aromatic carbocycles. The van der Waals surface area contributed by atoms with E-state index in [4.69, 9.17) is 4.74 Å². The Bertz CT molecular complexity index is 1020. The van der Waals surface area contributed by atoms with Gasteiger partial charge >= 0.3 is 5.97 Å². The van der Waals surface area contributed by atoms with Crippen molar-refractivity contribution in [2.45, 2.75) is 20.8 Å². The number of hydrogen-bond acceptors (Lipinski definition) is 6. The van der Waals surface area contributed by atoms with Gasteiger partial charge in [-0.2, -0.15) is 0 Å². The summed E-state index contributed by atoms with van der Waals surface area (Å²) < 4.78 is 4.94. The fourth-order valence-electron chi connectivity index (χ4n) is 2.63. The number of aromatic nitrogens is 2. The van der Waals surface area contributed by atoms with E-state index in [-0.39, 0.29) is 11.6 Å². The minimum atomic E-state index is -0.400. The fraction of sp³-hybridized carbons (Fsp3) is 0.182. The average molecular weight is 390 g/mol. The molecule has 1 amide bonds. The molecule has 0 aliphatic carbocycles. The maximum Gasteiger partial charge on any atom is 0.338 e. The molecule has 0 saturated carbocycles. The fourth-order valence-corrected chi connectivity index (χ4v) is 2.63. The van der Waals surface area contributed by atoms with E-state index in [2.05, 4.69) is 20.6 Å². The lowest BCUT2D eigenvalue weighted by Gasteiger charge is -2.11. The highest BCUT2D eigenvalue weighted by Crippen LogP contribution is 2.21. The van der Waals surface area contributed by atoms with E-state index in [0.717, 1.165) is 11.3 Å². The highest BCUT2D eigenvalue weighted by atomic mass is 16.5. The lowest BCUT2D eigenvalue weighted by atomic mass is 10.1. The number of aryl methyl sites for hydroxylation is 1. The lowest BCUT2D eigenvalue weighted by molar-refractivity contribution is 0.0526. The van der Waals surface area contributed by atoms with Crippen molar-refractivity contribution in [3.8, 4) is 0 Å². The van der Waals surface area contributed by atoms with E-state index in [1.54, 1.807) is 31.2 Å². The van der Waals surface area contributed by atoms with E-state index in [1.807, 2.05) is 32.0 Å². The first-order valence-electron chi connectivity index (χ1n) is 9.21. The van der Waals surface area contributed by atoms with Crippen LogP contribution in [0.25, 0.3) is 0 Å². The van der Waals surface area contributed by atoms with E-state index in [1.165, 1.54) is 18.0 Å². The van der Waals surface area contributed by atoms with Crippen molar-refractivity contribution >= 4 is 29.1 Å². The number of carbonyl (C=O) groups is 2. The van der Waals surface area contributed by atoms with E-state index in [0.29, 0.717) is 23.7 Å². The zero-order valence-electron chi connectivity index (χ0n) is 16.5. The number of nitrogens with one attached hydrogen (secondary N) is 2. The Labute approximate surface area is 169 Å². The number of anilines is 3. The van der Waals surface area contributed by atoms with Crippen LogP contribution in [0.5, 0.6) is 0 Å². The second kappa shape index (κ2) is 8.97. The highest BCUT2D eigenvalue weighted by Gasteiger charge is 2.11. The third-order valence-electron chi connectivity index (χ3n) is 4.41. The normalized spacial score (nSPS) is 10.3. The summed E-state index contributed by atoms with van der Waals surface area (Å²) in [7, 11) is 0. The molecular formula is C22H22N4O3. The quantitative estimate of drug-likeness (QED) is 0.611. The Morgan fingerprint density at radius 2 is 1.76 bits per heavy atom. The van der Waals surface area contributed by atoms with Gasteiger partial charge in [-0.3, -0.25) is 4.79 Å². The molecule has 148 valence electrons. The summed E-state index contributed by atoms with van der Waals surface area (Å²) in [6, 6.07) is 12.4. The summed E-state index contributed by atoms with van der Waals surface area (Å²) in [5.74, 6) is -0.239. The van der Waals surface area contributed by atoms with Gasteiger partial charge in [0.05, 0.1) is 24.6 Å². The van der Waals surface area contributed by atoms with Gasteiger partial charge in [0.25, 0.3) is 5.91 Å². The Kier molecular flexibility index (Phi) is 6.19. The van der Waals surface area contributed by atoms with Gasteiger partial charge < -0.3 is 15.4 Å². The zero-order chi connectivity index (χ0) is 20.8. The third-order valence-corrected chi connectivity index (χ3v) is 4.41. The van der Waals surface area contributed by atoms with Crippen LogP contribution in [0.2, 0.25) is 0 Å². The highest BCUT2D eigenvalue weighted by molar-refractivity contribution is 6.03. The van der Waals surface area contributed by atoms with E-state index >= 15 is 0 Å². The lowest BCUT2D eigenvalue weighted by Crippen LogP contribution is -2.14. The standard InChI is InChI=1S/C22H22N4O3/c1-4-29-22(28)16-8-10-17(11-9-16)25-21(27)19-12-24-20(13-23-19)26-18-7-5-6-14(2)15(18)3/h5-13H,4H2,1-3H3,(H,24,26)(H,25,27). The van der Waals surface area contributed by atoms with Crippen LogP contribution in [-0.2, 0) is 4.74 Å². The van der Waals surface area contributed by atoms with Gasteiger partial charge in [-0.25, -0.2) is 14.8 Å². The van der Waals surface area contributed by atoms with Crippen molar-refractivity contribution in [3.05, 3.63) is 77.2 Å². The van der Waals surface area contributed by atoms with Crippen molar-refractivity contribution in [2.75, 3.05) is 17.2 Å². The molecule has 1 heterocycles. The Morgan fingerprint density at radius 1 is 1.00 bits per heavy atom. The first-order chi connectivity index (χ1) is 14.0. The van der Waals surface area contributed by atoms with Gasteiger partial charge in [-0.05, 0) is 62.2 Å². The monoisotopic (exact) mass is 390 g/mol. The van der Waals surface area contributed by atoms with Crippen LogP contribution < -0.4 is 10.6 Å². The first kappa shape index (κ1) is 20.0. The van der Waals surface area contributed by atoms with Crippen LogP contribution in [0.3, 0.4) is 0 Å². The molecule has 7 nitrogen and oxygen atoms in total. The summed E-state index contributed by atoms with van der Waals surface area (Å²) in [6.45, 7) is 6.12. The molecule has 2 N–H and O–H groups in total. The molecule has 7 heteroatoms. The van der Waals surface area contributed by atoms with Crippen LogP contribution in [0.1, 0.15) is 38.9 Å². The molecule has 3 aromatic rings. The summed E-state index contributed by atoms with van der Waals surface area (Å²) in [5, 5.41) is 5.93. The van der Waals surface area contributed by atoms with Crippen molar-refractivity contribution in [2.24, 2.45) is 0 Å². The van der Waals surface area contributed by atoms with E-state index in [9.17, 15) is 9.59 Å². The minimum Gasteiger partial charge on any atom is -0.462 e. The molecule has 0 bridgehead atoms. The number of ether oxygens (including phenoxy) is 1. The van der Waals surface area contributed by atoms with Gasteiger partial charge in [0.15, 0.2) is 0 Å². The molecule has 3 rings (SSSR count). The molecule has 29 heavy (non-hydrogen) atoms. The Hall–Kier alpha value is -3.74. The molecule has 0 atom stereocenters. The van der Waals surface area contributed by atoms with Crippen LogP contribution in [0.15, 0.2) is 54.9 Å². The van der Waals surface area contributed by atoms with Crippen molar-refractivity contribution in [3.63, 3.8) is 0 Å². The molecule has 0 aliphatic heterocycles. The van der Waals surface area contributed by atoms with E-state index < -0.39 is 5.97 Å². The number of hydrogen-bond donors (Lipinski definition) is 2. The molecule has 0 aliphatic rings. The number of carbonyl (C=O) groups excluding carboxylic acids is 2. The number of amides is 1. The van der Waals surface area contributed by atoms with Gasteiger partial charge in [0.1, 0.15) is 11.5 Å². The minimum absolute atomic E-state index is 0.186. The van der Waals surface area contributed by atoms with Crippen molar-refractivity contribution < 1.29 is 14.3 Å². The van der Waals surface area contributed by atoms with Gasteiger partial charge in [0.2, 0.25) is 0 Å². The third kappa shape index (κ3) is 4.95. The number of nitrogens with zero attached hydrogens (tertiary/aromatic N) is 2. The largest absolute Gasteiger partial charge is 0.462 e. The molecule has 0 radical (unpaired) electrons. The second-order valence-electron chi connectivity index (χ2n) is 6.41. The number of benzene rings is 2. The van der Waals surface area contributed by atoms with Crippen molar-refractivity contribution in [1.82, 2.24) is 9.97 Å². The van der Waals surface area contributed by atoms with Gasteiger partial charge in [-0.15, -0.1) is 0 Å². The van der Waals surface area contributed by atoms with Crippen LogP contribution >= 0.6 is 0 Å². The topological polar surface area (TPSA) is 93.2 Å². The maximum absolute atomic E-state index is 12.4. The SMILES string of the molecule is CCOC(=O)c1ccc(NC(=O)c2cnc(Nc3cccc(C)c3C)cn2)cc1. The summed E-state index contributed by atoms with van der Waals surface area (Å²) in [5.41, 5.74) is 4.40. The zero-order valence-corrected chi connectivity index (χ0v) is 16.5. The second-order valence-corrected chi connectivity index (χ2v) is 6.41. The van der Waals surface area contributed by atoms with Crippen LogP contribution in [0.4, 0.5) is 17.2 Å².